The molecule has 1 saturated heterocycles. The molecule has 1 aromatic heterocycles. The third-order valence-corrected chi connectivity index (χ3v) is 5.30. The lowest BCUT2D eigenvalue weighted by Crippen LogP contribution is -2.46. The van der Waals surface area contributed by atoms with Crippen molar-refractivity contribution in [2.24, 2.45) is 0 Å². The van der Waals surface area contributed by atoms with Gasteiger partial charge in [0.15, 0.2) is 5.82 Å². The molecule has 0 unspecified atom stereocenters. The number of piperazine rings is 1. The van der Waals surface area contributed by atoms with Crippen LogP contribution in [-0.4, -0.2) is 46.3 Å². The fourth-order valence-electron chi connectivity index (χ4n) is 3.25. The van der Waals surface area contributed by atoms with E-state index in [2.05, 4.69) is 60.6 Å². The summed E-state index contributed by atoms with van der Waals surface area (Å²) in [6.07, 6.45) is 1.63. The molecule has 1 aliphatic rings. The van der Waals surface area contributed by atoms with Crippen LogP contribution in [0.15, 0.2) is 54.7 Å². The molecule has 1 fully saturated rings. The van der Waals surface area contributed by atoms with Crippen LogP contribution in [0.5, 0.6) is 0 Å². The molecular formula is C21H23ClN6. The SMILES string of the molecule is Cc1ccc(Nc2cnnc(N3CCN(Cc4ccccc4)CC3)n2)cc1Cl. The second kappa shape index (κ2) is 8.54. The van der Waals surface area contributed by atoms with Crippen LogP contribution in [0, 0.1) is 6.92 Å². The van der Waals surface area contributed by atoms with E-state index in [0.29, 0.717) is 11.8 Å². The first-order valence-corrected chi connectivity index (χ1v) is 9.79. The number of aryl methyl sites for hydroxylation is 1. The lowest BCUT2D eigenvalue weighted by atomic mass is 10.2. The van der Waals surface area contributed by atoms with Crippen LogP contribution in [0.2, 0.25) is 5.02 Å². The Balaban J connectivity index is 1.37. The van der Waals surface area contributed by atoms with Gasteiger partial charge in [-0.25, -0.2) is 0 Å². The number of rotatable bonds is 5. The maximum atomic E-state index is 6.20. The fourth-order valence-corrected chi connectivity index (χ4v) is 3.43. The molecule has 4 rings (SSSR count). The van der Waals surface area contributed by atoms with Gasteiger partial charge >= 0.3 is 0 Å². The summed E-state index contributed by atoms with van der Waals surface area (Å²) in [6, 6.07) is 16.4. The summed E-state index contributed by atoms with van der Waals surface area (Å²) in [5.74, 6) is 1.32. The van der Waals surface area contributed by atoms with E-state index in [1.807, 2.05) is 25.1 Å². The molecule has 0 aliphatic carbocycles. The molecule has 7 heteroatoms. The zero-order chi connectivity index (χ0) is 19.3. The van der Waals surface area contributed by atoms with E-state index >= 15 is 0 Å². The van der Waals surface area contributed by atoms with Crippen LogP contribution in [0.1, 0.15) is 11.1 Å². The first-order valence-electron chi connectivity index (χ1n) is 9.41. The molecule has 0 amide bonds. The van der Waals surface area contributed by atoms with Crippen molar-refractivity contribution in [1.82, 2.24) is 20.1 Å². The Labute approximate surface area is 170 Å². The number of nitrogens with one attached hydrogen (secondary N) is 1. The van der Waals surface area contributed by atoms with Gasteiger partial charge in [0.05, 0.1) is 6.20 Å². The number of nitrogens with zero attached hydrogens (tertiary/aromatic N) is 5. The number of hydrogen-bond donors (Lipinski definition) is 1. The molecule has 2 heterocycles. The smallest absolute Gasteiger partial charge is 0.247 e. The van der Waals surface area contributed by atoms with E-state index in [4.69, 9.17) is 11.6 Å². The first kappa shape index (κ1) is 18.7. The Morgan fingerprint density at radius 2 is 1.82 bits per heavy atom. The number of halogens is 1. The minimum Gasteiger partial charge on any atom is -0.339 e. The second-order valence-corrected chi connectivity index (χ2v) is 7.39. The molecule has 6 nitrogen and oxygen atoms in total. The van der Waals surface area contributed by atoms with Gasteiger partial charge < -0.3 is 10.2 Å². The minimum absolute atomic E-state index is 0.655. The van der Waals surface area contributed by atoms with Gasteiger partial charge in [0.2, 0.25) is 5.95 Å². The predicted octanol–water partition coefficient (Wildman–Crippen LogP) is 3.90. The maximum Gasteiger partial charge on any atom is 0.247 e. The van der Waals surface area contributed by atoms with E-state index in [0.717, 1.165) is 49.0 Å². The van der Waals surface area contributed by atoms with Crippen LogP contribution in [0.25, 0.3) is 0 Å². The van der Waals surface area contributed by atoms with Crippen molar-refractivity contribution in [2.45, 2.75) is 13.5 Å². The molecule has 144 valence electrons. The zero-order valence-electron chi connectivity index (χ0n) is 15.8. The Morgan fingerprint density at radius 1 is 1.04 bits per heavy atom. The average Bonchev–Trinajstić information content (AvgIpc) is 2.72. The summed E-state index contributed by atoms with van der Waals surface area (Å²) in [5.41, 5.74) is 3.27. The highest BCUT2D eigenvalue weighted by Crippen LogP contribution is 2.23. The van der Waals surface area contributed by atoms with Gasteiger partial charge in [0.25, 0.3) is 0 Å². The Kier molecular flexibility index (Phi) is 5.69. The van der Waals surface area contributed by atoms with Crippen LogP contribution in [-0.2, 0) is 6.54 Å². The third kappa shape index (κ3) is 4.58. The number of benzene rings is 2. The molecule has 1 N–H and O–H groups in total. The Hall–Kier alpha value is -2.70. The van der Waals surface area contributed by atoms with Gasteiger partial charge in [-0.2, -0.15) is 10.1 Å². The van der Waals surface area contributed by atoms with Gasteiger partial charge in [-0.05, 0) is 30.2 Å². The van der Waals surface area contributed by atoms with E-state index in [1.165, 1.54) is 5.56 Å². The molecule has 28 heavy (non-hydrogen) atoms. The summed E-state index contributed by atoms with van der Waals surface area (Å²) in [4.78, 5) is 9.27. The van der Waals surface area contributed by atoms with Crippen molar-refractivity contribution < 1.29 is 0 Å². The minimum atomic E-state index is 0.655. The number of anilines is 3. The molecule has 0 bridgehead atoms. The monoisotopic (exact) mass is 394 g/mol. The van der Waals surface area contributed by atoms with Gasteiger partial charge in [-0.3, -0.25) is 4.90 Å². The summed E-state index contributed by atoms with van der Waals surface area (Å²) >= 11 is 6.20. The highest BCUT2D eigenvalue weighted by Gasteiger charge is 2.19. The summed E-state index contributed by atoms with van der Waals surface area (Å²) < 4.78 is 0. The molecule has 0 spiro atoms. The maximum absolute atomic E-state index is 6.20. The third-order valence-electron chi connectivity index (χ3n) is 4.90. The van der Waals surface area contributed by atoms with Crippen LogP contribution >= 0.6 is 11.6 Å². The van der Waals surface area contributed by atoms with Crippen molar-refractivity contribution in [3.63, 3.8) is 0 Å². The van der Waals surface area contributed by atoms with E-state index < -0.39 is 0 Å². The standard InChI is InChI=1S/C21H23ClN6/c1-16-7-8-18(13-19(16)22)24-20-14-23-26-21(25-20)28-11-9-27(10-12-28)15-17-5-3-2-4-6-17/h2-8,13-14H,9-12,15H2,1H3,(H,24,25,26). The lowest BCUT2D eigenvalue weighted by molar-refractivity contribution is 0.248. The van der Waals surface area contributed by atoms with Crippen molar-refractivity contribution in [2.75, 3.05) is 36.4 Å². The Bertz CT molecular complexity index is 925. The van der Waals surface area contributed by atoms with Crippen molar-refractivity contribution in [1.29, 1.82) is 0 Å². The van der Waals surface area contributed by atoms with Gasteiger partial charge in [0, 0.05) is 43.4 Å². The molecular weight excluding hydrogens is 372 g/mol. The van der Waals surface area contributed by atoms with Gasteiger partial charge in [-0.15, -0.1) is 5.10 Å². The predicted molar refractivity (Wildman–Crippen MR) is 113 cm³/mol. The molecule has 0 radical (unpaired) electrons. The Morgan fingerprint density at radius 3 is 2.57 bits per heavy atom. The largest absolute Gasteiger partial charge is 0.339 e. The van der Waals surface area contributed by atoms with Crippen LogP contribution < -0.4 is 10.2 Å². The van der Waals surface area contributed by atoms with Crippen molar-refractivity contribution in [3.8, 4) is 0 Å². The van der Waals surface area contributed by atoms with E-state index in [-0.39, 0.29) is 0 Å². The average molecular weight is 395 g/mol. The quantitative estimate of drug-likeness (QED) is 0.708. The topological polar surface area (TPSA) is 57.2 Å². The van der Waals surface area contributed by atoms with Crippen molar-refractivity contribution >= 4 is 29.1 Å². The van der Waals surface area contributed by atoms with Crippen molar-refractivity contribution in [3.05, 3.63) is 70.9 Å². The fraction of sp³-hybridized carbons (Fsp3) is 0.286. The zero-order valence-corrected chi connectivity index (χ0v) is 16.6. The molecule has 0 atom stereocenters. The highest BCUT2D eigenvalue weighted by atomic mass is 35.5. The molecule has 1 aliphatic heterocycles. The number of hydrogen-bond acceptors (Lipinski definition) is 6. The summed E-state index contributed by atoms with van der Waals surface area (Å²) in [7, 11) is 0. The molecule has 0 saturated carbocycles. The summed E-state index contributed by atoms with van der Waals surface area (Å²) in [6.45, 7) is 6.67. The normalized spacial score (nSPS) is 14.9. The van der Waals surface area contributed by atoms with E-state index in [1.54, 1.807) is 6.20 Å². The highest BCUT2D eigenvalue weighted by molar-refractivity contribution is 6.31. The first-order chi connectivity index (χ1) is 13.7. The van der Waals surface area contributed by atoms with Gasteiger partial charge in [-0.1, -0.05) is 48.0 Å². The van der Waals surface area contributed by atoms with Crippen LogP contribution in [0.4, 0.5) is 17.5 Å². The van der Waals surface area contributed by atoms with E-state index in [9.17, 15) is 0 Å². The van der Waals surface area contributed by atoms with Gasteiger partial charge in [0.1, 0.15) is 0 Å². The lowest BCUT2D eigenvalue weighted by Gasteiger charge is -2.34. The summed E-state index contributed by atoms with van der Waals surface area (Å²) in [5, 5.41) is 12.3. The van der Waals surface area contributed by atoms with Crippen LogP contribution in [0.3, 0.4) is 0 Å². The second-order valence-electron chi connectivity index (χ2n) is 6.98. The number of aromatic nitrogens is 3. The molecule has 3 aromatic rings. The molecule has 2 aromatic carbocycles.